The lowest BCUT2D eigenvalue weighted by molar-refractivity contribution is -0.133. The number of halogens is 1. The van der Waals surface area contributed by atoms with Gasteiger partial charge in [0.1, 0.15) is 12.2 Å². The Kier molecular flexibility index (Phi) is 9.37. The first-order chi connectivity index (χ1) is 19.6. The van der Waals surface area contributed by atoms with Crippen molar-refractivity contribution in [2.45, 2.75) is 39.0 Å². The number of amides is 1. The third kappa shape index (κ3) is 6.73. The summed E-state index contributed by atoms with van der Waals surface area (Å²) >= 11 is 6.48. The average molecular weight is 584 g/mol. The van der Waals surface area contributed by atoms with Crippen molar-refractivity contribution >= 4 is 35.2 Å². The van der Waals surface area contributed by atoms with Gasteiger partial charge in [0.25, 0.3) is 5.91 Å². The van der Waals surface area contributed by atoms with Gasteiger partial charge in [0.15, 0.2) is 11.5 Å². The highest BCUT2D eigenvalue weighted by molar-refractivity contribution is 6.30. The maximum Gasteiger partial charge on any atom is 0.328 e. The Morgan fingerprint density at radius 3 is 2.63 bits per heavy atom. The summed E-state index contributed by atoms with van der Waals surface area (Å²) in [6, 6.07) is 12.4. The van der Waals surface area contributed by atoms with Crippen LogP contribution in [-0.2, 0) is 20.9 Å². The van der Waals surface area contributed by atoms with E-state index in [4.69, 9.17) is 30.9 Å². The number of fused-ring (bicyclic) bond motifs is 1. The van der Waals surface area contributed by atoms with Gasteiger partial charge >= 0.3 is 5.97 Å². The van der Waals surface area contributed by atoms with Crippen LogP contribution in [0.5, 0.6) is 11.5 Å². The van der Waals surface area contributed by atoms with E-state index < -0.39 is 23.6 Å². The summed E-state index contributed by atoms with van der Waals surface area (Å²) in [7, 11) is 3.09. The van der Waals surface area contributed by atoms with Crippen molar-refractivity contribution in [1.29, 1.82) is 0 Å². The molecule has 0 bridgehead atoms. The number of para-hydroxylation sites is 1. The summed E-state index contributed by atoms with van der Waals surface area (Å²) in [5.74, 6) is -0.383. The molecule has 1 aromatic heterocycles. The number of carbonyl (C=O) groups is 2. The van der Waals surface area contributed by atoms with E-state index in [-0.39, 0.29) is 32.0 Å². The predicted molar refractivity (Wildman–Crippen MR) is 154 cm³/mol. The smallest absolute Gasteiger partial charge is 0.328 e. The molecule has 0 saturated heterocycles. The van der Waals surface area contributed by atoms with Crippen LogP contribution in [0.2, 0.25) is 5.02 Å². The second-order valence-corrected chi connectivity index (χ2v) is 10.9. The third-order valence-corrected chi connectivity index (χ3v) is 7.12. The van der Waals surface area contributed by atoms with Crippen molar-refractivity contribution in [1.82, 2.24) is 9.78 Å². The molecule has 0 radical (unpaired) electrons. The quantitative estimate of drug-likeness (QED) is 0.314. The van der Waals surface area contributed by atoms with Crippen molar-refractivity contribution in [2.75, 3.05) is 32.3 Å². The van der Waals surface area contributed by atoms with Crippen molar-refractivity contribution in [3.63, 3.8) is 0 Å². The summed E-state index contributed by atoms with van der Waals surface area (Å²) in [6.07, 6.45) is 2.59. The van der Waals surface area contributed by atoms with Gasteiger partial charge in [0.05, 0.1) is 19.9 Å². The molecule has 0 fully saturated rings. The second-order valence-electron chi connectivity index (χ2n) is 10.5. The number of aliphatic hydroxyl groups is 1. The number of nitrogens with zero attached hydrogens (tertiary/aromatic N) is 3. The summed E-state index contributed by atoms with van der Waals surface area (Å²) in [6.45, 7) is 4.13. The Hall–Kier alpha value is -3.86. The van der Waals surface area contributed by atoms with Crippen LogP contribution in [-0.4, -0.2) is 65.3 Å². The van der Waals surface area contributed by atoms with Gasteiger partial charge in [0, 0.05) is 65.6 Å². The number of hydrogen-bond donors (Lipinski definition) is 2. The maximum absolute atomic E-state index is 14.2. The van der Waals surface area contributed by atoms with Crippen LogP contribution in [0.3, 0.4) is 0 Å². The van der Waals surface area contributed by atoms with E-state index in [1.54, 1.807) is 60.3 Å². The van der Waals surface area contributed by atoms with Crippen molar-refractivity contribution in [3.05, 3.63) is 76.6 Å². The SMILES string of the molecule is COc1cccc([C@H]2O[C@H](CCn3nccc3C=CC(=O)O)C(=O)N(CC(C)(C)CO)c3ccc(Cl)cc32)c1OC. The highest BCUT2D eigenvalue weighted by atomic mass is 35.5. The van der Waals surface area contributed by atoms with Gasteiger partial charge in [0.2, 0.25) is 0 Å². The molecular formula is C30H34ClN3O7. The number of aliphatic hydroxyl groups excluding tert-OH is 1. The van der Waals surface area contributed by atoms with E-state index in [0.29, 0.717) is 39.0 Å². The molecule has 1 amide bonds. The Labute approximate surface area is 243 Å². The number of anilines is 1. The van der Waals surface area contributed by atoms with E-state index in [2.05, 4.69) is 5.10 Å². The van der Waals surface area contributed by atoms with Crippen LogP contribution < -0.4 is 14.4 Å². The fraction of sp³-hybridized carbons (Fsp3) is 0.367. The molecule has 4 rings (SSSR count). The number of methoxy groups -OCH3 is 2. The lowest BCUT2D eigenvalue weighted by Gasteiger charge is -2.32. The number of aromatic nitrogens is 2. The lowest BCUT2D eigenvalue weighted by atomic mass is 9.92. The fourth-order valence-electron chi connectivity index (χ4n) is 4.83. The minimum atomic E-state index is -1.08. The summed E-state index contributed by atoms with van der Waals surface area (Å²) < 4.78 is 19.5. The highest BCUT2D eigenvalue weighted by Gasteiger charge is 2.39. The standard InChI is InChI=1S/C30H34ClN3O7/c1-30(2,18-35)17-33-23-10-8-19(31)16-22(23)27(21-6-5-7-24(39-3)28(21)40-4)41-25(29(33)38)13-15-34-20(12-14-32-34)9-11-26(36)37/h5-12,14,16,25,27,35H,13,15,17-18H2,1-4H3,(H,36,37)/t25-,27-/m1/s1. The maximum atomic E-state index is 14.2. The zero-order chi connectivity index (χ0) is 29.7. The zero-order valence-electron chi connectivity index (χ0n) is 23.4. The van der Waals surface area contributed by atoms with Crippen LogP contribution in [0.25, 0.3) is 6.08 Å². The lowest BCUT2D eigenvalue weighted by Crippen LogP contribution is -2.45. The van der Waals surface area contributed by atoms with Crippen LogP contribution in [0.15, 0.2) is 54.7 Å². The number of benzene rings is 2. The fourth-order valence-corrected chi connectivity index (χ4v) is 5.01. The topological polar surface area (TPSA) is 123 Å². The first-order valence-corrected chi connectivity index (χ1v) is 13.5. The summed E-state index contributed by atoms with van der Waals surface area (Å²) in [4.78, 5) is 26.9. The normalized spacial score (nSPS) is 17.4. The van der Waals surface area contributed by atoms with Gasteiger partial charge in [-0.2, -0.15) is 5.10 Å². The Morgan fingerprint density at radius 2 is 1.95 bits per heavy atom. The second kappa shape index (κ2) is 12.8. The molecule has 0 aliphatic carbocycles. The van der Waals surface area contributed by atoms with Crippen LogP contribution in [0.1, 0.15) is 43.2 Å². The van der Waals surface area contributed by atoms with Crippen LogP contribution in [0.4, 0.5) is 5.69 Å². The first kappa shape index (κ1) is 30.1. The molecule has 2 heterocycles. The van der Waals surface area contributed by atoms with E-state index in [1.807, 2.05) is 26.0 Å². The average Bonchev–Trinajstić information content (AvgIpc) is 3.37. The first-order valence-electron chi connectivity index (χ1n) is 13.1. The molecule has 3 aromatic rings. The minimum absolute atomic E-state index is 0.134. The molecule has 11 heteroatoms. The van der Waals surface area contributed by atoms with Gasteiger partial charge in [-0.15, -0.1) is 0 Å². The molecule has 218 valence electrons. The van der Waals surface area contributed by atoms with E-state index >= 15 is 0 Å². The van der Waals surface area contributed by atoms with Gasteiger partial charge in [-0.05, 0) is 36.4 Å². The Morgan fingerprint density at radius 1 is 1.17 bits per heavy atom. The number of rotatable bonds is 11. The predicted octanol–water partition coefficient (Wildman–Crippen LogP) is 4.58. The number of ether oxygens (including phenoxy) is 3. The number of carboxylic acid groups (broad SMARTS) is 1. The number of carboxylic acids is 1. The molecule has 0 spiro atoms. The molecule has 1 aliphatic rings. The molecule has 0 unspecified atom stereocenters. The molecule has 2 atom stereocenters. The minimum Gasteiger partial charge on any atom is -0.493 e. The van der Waals surface area contributed by atoms with Crippen molar-refractivity contribution < 1.29 is 34.0 Å². The molecule has 1 aliphatic heterocycles. The van der Waals surface area contributed by atoms with E-state index in [9.17, 15) is 14.7 Å². The van der Waals surface area contributed by atoms with Gasteiger partial charge in [-0.3, -0.25) is 9.48 Å². The Balaban J connectivity index is 1.82. The molecule has 2 aromatic carbocycles. The molecule has 0 saturated carbocycles. The molecular weight excluding hydrogens is 550 g/mol. The highest BCUT2D eigenvalue weighted by Crippen LogP contribution is 2.45. The molecule has 41 heavy (non-hydrogen) atoms. The van der Waals surface area contributed by atoms with E-state index in [0.717, 1.165) is 6.08 Å². The number of aryl methyl sites for hydroxylation is 1. The van der Waals surface area contributed by atoms with Crippen LogP contribution >= 0.6 is 11.6 Å². The van der Waals surface area contributed by atoms with Gasteiger partial charge in [-0.1, -0.05) is 37.6 Å². The van der Waals surface area contributed by atoms with Crippen molar-refractivity contribution in [2.24, 2.45) is 5.41 Å². The van der Waals surface area contributed by atoms with Crippen LogP contribution in [0, 0.1) is 5.41 Å². The summed E-state index contributed by atoms with van der Waals surface area (Å²) in [5, 5.41) is 23.9. The number of aliphatic carboxylic acids is 1. The largest absolute Gasteiger partial charge is 0.493 e. The molecule has 10 nitrogen and oxygen atoms in total. The third-order valence-electron chi connectivity index (χ3n) is 6.88. The van der Waals surface area contributed by atoms with E-state index in [1.165, 1.54) is 6.08 Å². The van der Waals surface area contributed by atoms with Crippen molar-refractivity contribution in [3.8, 4) is 11.5 Å². The van der Waals surface area contributed by atoms with Gasteiger partial charge in [-0.25, -0.2) is 4.79 Å². The number of carbonyl (C=O) groups excluding carboxylic acids is 1. The summed E-state index contributed by atoms with van der Waals surface area (Å²) in [5.41, 5.74) is 1.90. The number of hydrogen-bond acceptors (Lipinski definition) is 7. The molecule has 2 N–H and O–H groups in total. The van der Waals surface area contributed by atoms with Gasteiger partial charge < -0.3 is 29.3 Å². The Bertz CT molecular complexity index is 1440. The monoisotopic (exact) mass is 583 g/mol. The zero-order valence-corrected chi connectivity index (χ0v) is 24.2.